The van der Waals surface area contributed by atoms with E-state index in [2.05, 4.69) is 34.1 Å². The maximum Gasteiger partial charge on any atom is 0.119 e. The van der Waals surface area contributed by atoms with Gasteiger partial charge in [0.05, 0.1) is 12.7 Å². The lowest BCUT2D eigenvalue weighted by atomic mass is 9.88. The molecule has 0 aliphatic heterocycles. The third-order valence-electron chi connectivity index (χ3n) is 4.01. The number of fused-ring (bicyclic) bond motifs is 1. The molecule has 0 saturated heterocycles. The van der Waals surface area contributed by atoms with E-state index in [1.165, 1.54) is 5.56 Å². The van der Waals surface area contributed by atoms with Gasteiger partial charge in [-0.15, -0.1) is 0 Å². The van der Waals surface area contributed by atoms with Crippen molar-refractivity contribution in [3.8, 4) is 5.75 Å². The second kappa shape index (κ2) is 5.23. The molecule has 1 atom stereocenters. The molecular formula is C17H17BrO2. The maximum absolute atomic E-state index is 11.0. The summed E-state index contributed by atoms with van der Waals surface area (Å²) in [5, 5.41) is 11.0. The van der Waals surface area contributed by atoms with Gasteiger partial charge in [0.25, 0.3) is 0 Å². The molecule has 0 fully saturated rings. The summed E-state index contributed by atoms with van der Waals surface area (Å²) < 4.78 is 6.33. The van der Waals surface area contributed by atoms with E-state index in [9.17, 15) is 5.11 Å². The van der Waals surface area contributed by atoms with Crippen LogP contribution in [-0.2, 0) is 18.4 Å². The molecule has 1 aliphatic rings. The summed E-state index contributed by atoms with van der Waals surface area (Å²) in [5.74, 6) is 0.804. The van der Waals surface area contributed by atoms with Crippen molar-refractivity contribution in [2.24, 2.45) is 0 Å². The Morgan fingerprint density at radius 1 is 1.25 bits per heavy atom. The van der Waals surface area contributed by atoms with Crippen LogP contribution in [-0.4, -0.2) is 12.2 Å². The molecule has 0 aromatic heterocycles. The van der Waals surface area contributed by atoms with Gasteiger partial charge in [-0.2, -0.15) is 0 Å². The average Bonchev–Trinajstić information content (AvgIpc) is 2.76. The quantitative estimate of drug-likeness (QED) is 0.925. The molecule has 0 heterocycles. The third kappa shape index (κ3) is 2.48. The first-order valence-corrected chi connectivity index (χ1v) is 7.54. The molecule has 0 saturated carbocycles. The van der Waals surface area contributed by atoms with Crippen LogP contribution in [0, 0.1) is 0 Å². The van der Waals surface area contributed by atoms with E-state index in [1.54, 1.807) is 7.11 Å². The molecule has 2 aromatic carbocycles. The monoisotopic (exact) mass is 332 g/mol. The Balaban J connectivity index is 1.95. The number of benzene rings is 2. The first-order chi connectivity index (χ1) is 9.60. The van der Waals surface area contributed by atoms with Crippen molar-refractivity contribution in [1.29, 1.82) is 0 Å². The SMILES string of the molecule is COc1ccc2c(c1)C(O)(Cc1cccc(Br)c1)CC2. The van der Waals surface area contributed by atoms with Gasteiger partial charge in [-0.25, -0.2) is 0 Å². The Kier molecular flexibility index (Phi) is 3.57. The Morgan fingerprint density at radius 3 is 2.85 bits per heavy atom. The van der Waals surface area contributed by atoms with Crippen molar-refractivity contribution < 1.29 is 9.84 Å². The number of halogens is 1. The molecule has 20 heavy (non-hydrogen) atoms. The first kappa shape index (κ1) is 13.7. The molecular weight excluding hydrogens is 316 g/mol. The van der Waals surface area contributed by atoms with Gasteiger partial charge >= 0.3 is 0 Å². The van der Waals surface area contributed by atoms with Gasteiger partial charge in [0.15, 0.2) is 0 Å². The minimum atomic E-state index is -0.787. The van der Waals surface area contributed by atoms with Crippen LogP contribution in [0.2, 0.25) is 0 Å². The second-order valence-corrected chi connectivity index (χ2v) is 6.28. The lowest BCUT2D eigenvalue weighted by Crippen LogP contribution is -2.25. The fraction of sp³-hybridized carbons (Fsp3) is 0.294. The number of ether oxygens (including phenoxy) is 1. The first-order valence-electron chi connectivity index (χ1n) is 6.75. The van der Waals surface area contributed by atoms with E-state index in [0.717, 1.165) is 34.2 Å². The summed E-state index contributed by atoms with van der Waals surface area (Å²) in [7, 11) is 1.66. The topological polar surface area (TPSA) is 29.5 Å². The summed E-state index contributed by atoms with van der Waals surface area (Å²) >= 11 is 3.48. The van der Waals surface area contributed by atoms with Gasteiger partial charge in [0.2, 0.25) is 0 Å². The molecule has 3 heteroatoms. The van der Waals surface area contributed by atoms with Crippen molar-refractivity contribution in [1.82, 2.24) is 0 Å². The van der Waals surface area contributed by atoms with E-state index in [1.807, 2.05) is 24.3 Å². The molecule has 0 spiro atoms. The van der Waals surface area contributed by atoms with Crippen molar-refractivity contribution in [3.63, 3.8) is 0 Å². The minimum Gasteiger partial charge on any atom is -0.497 e. The standard InChI is InChI=1S/C17H17BrO2/c1-20-15-6-5-13-7-8-17(19,16(13)10-15)11-12-3-2-4-14(18)9-12/h2-6,9-10,19H,7-8,11H2,1H3. The van der Waals surface area contributed by atoms with Crippen LogP contribution < -0.4 is 4.74 Å². The van der Waals surface area contributed by atoms with E-state index >= 15 is 0 Å². The number of methoxy groups -OCH3 is 1. The van der Waals surface area contributed by atoms with E-state index in [0.29, 0.717) is 6.42 Å². The Labute approximate surface area is 127 Å². The van der Waals surface area contributed by atoms with Crippen molar-refractivity contribution in [3.05, 3.63) is 63.6 Å². The zero-order valence-corrected chi connectivity index (χ0v) is 13.0. The summed E-state index contributed by atoms with van der Waals surface area (Å²) in [6.07, 6.45) is 2.32. The summed E-state index contributed by atoms with van der Waals surface area (Å²) in [6, 6.07) is 14.1. The van der Waals surface area contributed by atoms with Crippen LogP contribution >= 0.6 is 15.9 Å². The zero-order chi connectivity index (χ0) is 14.2. The van der Waals surface area contributed by atoms with Crippen molar-refractivity contribution >= 4 is 15.9 Å². The molecule has 1 N–H and O–H groups in total. The van der Waals surface area contributed by atoms with E-state index in [4.69, 9.17) is 4.74 Å². The fourth-order valence-corrected chi connectivity index (χ4v) is 3.42. The molecule has 2 aromatic rings. The predicted molar refractivity (Wildman–Crippen MR) is 83.1 cm³/mol. The number of aryl methyl sites for hydroxylation is 1. The van der Waals surface area contributed by atoms with Crippen LogP contribution in [0.1, 0.15) is 23.1 Å². The average molecular weight is 333 g/mol. The van der Waals surface area contributed by atoms with Crippen molar-refractivity contribution in [2.75, 3.05) is 7.11 Å². The van der Waals surface area contributed by atoms with Gasteiger partial charge in [0.1, 0.15) is 5.75 Å². The van der Waals surface area contributed by atoms with Crippen molar-refractivity contribution in [2.45, 2.75) is 24.9 Å². The highest BCUT2D eigenvalue weighted by Gasteiger charge is 2.37. The smallest absolute Gasteiger partial charge is 0.119 e. The van der Waals surface area contributed by atoms with Gasteiger partial charge in [0, 0.05) is 10.9 Å². The summed E-state index contributed by atoms with van der Waals surface area (Å²) in [6.45, 7) is 0. The lowest BCUT2D eigenvalue weighted by molar-refractivity contribution is 0.0388. The number of hydrogen-bond donors (Lipinski definition) is 1. The van der Waals surface area contributed by atoms with Crippen LogP contribution in [0.5, 0.6) is 5.75 Å². The highest BCUT2D eigenvalue weighted by molar-refractivity contribution is 9.10. The minimum absolute atomic E-state index is 0.632. The fourth-order valence-electron chi connectivity index (χ4n) is 2.98. The molecule has 0 bridgehead atoms. The third-order valence-corrected chi connectivity index (χ3v) is 4.51. The Bertz CT molecular complexity index is 639. The molecule has 0 radical (unpaired) electrons. The second-order valence-electron chi connectivity index (χ2n) is 5.36. The maximum atomic E-state index is 11.0. The van der Waals surface area contributed by atoms with E-state index < -0.39 is 5.60 Å². The van der Waals surface area contributed by atoms with Gasteiger partial charge < -0.3 is 9.84 Å². The molecule has 0 amide bonds. The largest absolute Gasteiger partial charge is 0.497 e. The van der Waals surface area contributed by atoms with Crippen LogP contribution in [0.25, 0.3) is 0 Å². The Hall–Kier alpha value is -1.32. The zero-order valence-electron chi connectivity index (χ0n) is 11.4. The molecule has 1 unspecified atom stereocenters. The molecule has 3 rings (SSSR count). The Morgan fingerprint density at radius 2 is 2.10 bits per heavy atom. The summed E-state index contributed by atoms with van der Waals surface area (Å²) in [5.41, 5.74) is 2.59. The number of hydrogen-bond acceptors (Lipinski definition) is 2. The molecule has 2 nitrogen and oxygen atoms in total. The number of rotatable bonds is 3. The molecule has 1 aliphatic carbocycles. The van der Waals surface area contributed by atoms with Gasteiger partial charge in [-0.3, -0.25) is 0 Å². The van der Waals surface area contributed by atoms with Crippen LogP contribution in [0.15, 0.2) is 46.9 Å². The normalized spacial score (nSPS) is 20.8. The van der Waals surface area contributed by atoms with Gasteiger partial charge in [-0.1, -0.05) is 34.1 Å². The van der Waals surface area contributed by atoms with Gasteiger partial charge in [-0.05, 0) is 53.8 Å². The van der Waals surface area contributed by atoms with Crippen LogP contribution in [0.4, 0.5) is 0 Å². The summed E-state index contributed by atoms with van der Waals surface area (Å²) in [4.78, 5) is 0. The van der Waals surface area contributed by atoms with Crippen LogP contribution in [0.3, 0.4) is 0 Å². The highest BCUT2D eigenvalue weighted by atomic mass is 79.9. The number of aliphatic hydroxyl groups is 1. The highest BCUT2D eigenvalue weighted by Crippen LogP contribution is 2.41. The predicted octanol–water partition coefficient (Wildman–Crippen LogP) is 3.83. The van der Waals surface area contributed by atoms with E-state index in [-0.39, 0.29) is 0 Å². The molecule has 104 valence electrons. The lowest BCUT2D eigenvalue weighted by Gasteiger charge is -2.24.